The molecule has 4 heteroatoms. The fraction of sp³-hybridized carbons (Fsp3) is 0.533. The van der Waals surface area contributed by atoms with E-state index >= 15 is 0 Å². The van der Waals surface area contributed by atoms with Gasteiger partial charge >= 0.3 is 0 Å². The van der Waals surface area contributed by atoms with Crippen LogP contribution in [0.4, 0.5) is 0 Å². The molecule has 0 unspecified atom stereocenters. The largest absolute Gasteiger partial charge is 0.496 e. The molecule has 0 radical (unpaired) electrons. The summed E-state index contributed by atoms with van der Waals surface area (Å²) in [4.78, 5) is 0. The van der Waals surface area contributed by atoms with Crippen molar-refractivity contribution in [2.45, 2.75) is 26.4 Å². The molecular formula is C15H21NO3. The Balaban J connectivity index is 2.34. The van der Waals surface area contributed by atoms with Gasteiger partial charge in [-0.3, -0.25) is 0 Å². The third kappa shape index (κ3) is 5.73. The number of hydrogen-bond acceptors (Lipinski definition) is 4. The maximum absolute atomic E-state index is 8.87. The summed E-state index contributed by atoms with van der Waals surface area (Å²) in [5.74, 6) is 0.742. The van der Waals surface area contributed by atoms with Gasteiger partial charge in [0.15, 0.2) is 0 Å². The number of rotatable bonds is 9. The lowest BCUT2D eigenvalue weighted by atomic mass is 10.1. The van der Waals surface area contributed by atoms with Gasteiger partial charge in [0.2, 0.25) is 0 Å². The van der Waals surface area contributed by atoms with E-state index in [0.29, 0.717) is 25.4 Å². The molecule has 0 aliphatic rings. The van der Waals surface area contributed by atoms with E-state index in [-0.39, 0.29) is 0 Å². The molecule has 0 aliphatic carbocycles. The maximum atomic E-state index is 8.87. The molecule has 104 valence electrons. The van der Waals surface area contributed by atoms with Crippen molar-refractivity contribution < 1.29 is 14.2 Å². The Morgan fingerprint density at radius 3 is 2.63 bits per heavy atom. The van der Waals surface area contributed by atoms with Crippen LogP contribution in [-0.4, -0.2) is 26.9 Å². The summed E-state index contributed by atoms with van der Waals surface area (Å²) in [6, 6.07) is 7.42. The number of hydrogen-bond donors (Lipinski definition) is 0. The summed E-state index contributed by atoms with van der Waals surface area (Å²) in [7, 11) is 1.61. The first-order valence-electron chi connectivity index (χ1n) is 6.54. The second-order valence-electron chi connectivity index (χ2n) is 4.16. The van der Waals surface area contributed by atoms with Crippen molar-refractivity contribution in [3.05, 3.63) is 29.3 Å². The van der Waals surface area contributed by atoms with Gasteiger partial charge in [-0.2, -0.15) is 5.26 Å². The fourth-order valence-electron chi connectivity index (χ4n) is 1.61. The van der Waals surface area contributed by atoms with E-state index in [1.165, 1.54) is 0 Å². The summed E-state index contributed by atoms with van der Waals surface area (Å²) < 4.78 is 16.2. The molecule has 1 aromatic rings. The fourth-order valence-corrected chi connectivity index (χ4v) is 1.61. The number of nitrogens with zero attached hydrogens (tertiary/aromatic N) is 1. The van der Waals surface area contributed by atoms with Crippen LogP contribution in [0.15, 0.2) is 18.2 Å². The van der Waals surface area contributed by atoms with Crippen LogP contribution in [0.5, 0.6) is 5.75 Å². The summed E-state index contributed by atoms with van der Waals surface area (Å²) in [6.45, 7) is 4.49. The molecule has 0 N–H and O–H groups in total. The number of benzene rings is 1. The molecule has 0 bridgehead atoms. The van der Waals surface area contributed by atoms with Gasteiger partial charge in [-0.1, -0.05) is 13.3 Å². The first-order valence-corrected chi connectivity index (χ1v) is 6.54. The first-order chi connectivity index (χ1) is 9.31. The van der Waals surface area contributed by atoms with Crippen molar-refractivity contribution in [3.63, 3.8) is 0 Å². The van der Waals surface area contributed by atoms with Crippen LogP contribution < -0.4 is 4.74 Å². The van der Waals surface area contributed by atoms with Crippen molar-refractivity contribution in [1.82, 2.24) is 0 Å². The highest BCUT2D eigenvalue weighted by atomic mass is 16.5. The highest BCUT2D eigenvalue weighted by molar-refractivity contribution is 5.41. The Morgan fingerprint density at radius 2 is 1.95 bits per heavy atom. The molecule has 0 spiro atoms. The Bertz CT molecular complexity index is 412. The van der Waals surface area contributed by atoms with Crippen molar-refractivity contribution in [2.75, 3.05) is 26.9 Å². The lowest BCUT2D eigenvalue weighted by Gasteiger charge is -2.09. The zero-order chi connectivity index (χ0) is 13.9. The van der Waals surface area contributed by atoms with Crippen LogP contribution in [0.1, 0.15) is 30.9 Å². The second-order valence-corrected chi connectivity index (χ2v) is 4.16. The molecule has 0 saturated carbocycles. The molecule has 0 amide bonds. The molecule has 4 nitrogen and oxygen atoms in total. The molecule has 19 heavy (non-hydrogen) atoms. The van der Waals surface area contributed by atoms with Crippen LogP contribution in [0.3, 0.4) is 0 Å². The van der Waals surface area contributed by atoms with Crippen molar-refractivity contribution in [3.8, 4) is 11.8 Å². The van der Waals surface area contributed by atoms with Gasteiger partial charge < -0.3 is 14.2 Å². The Hall–Kier alpha value is -1.57. The van der Waals surface area contributed by atoms with Gasteiger partial charge in [0.1, 0.15) is 5.75 Å². The summed E-state index contributed by atoms with van der Waals surface area (Å²) in [6.07, 6.45) is 2.22. The van der Waals surface area contributed by atoms with Gasteiger partial charge in [-0.25, -0.2) is 0 Å². The van der Waals surface area contributed by atoms with Gasteiger partial charge in [0.05, 0.1) is 38.6 Å². The topological polar surface area (TPSA) is 51.5 Å². The number of methoxy groups -OCH3 is 1. The molecule has 1 rings (SSSR count). The minimum Gasteiger partial charge on any atom is -0.496 e. The average Bonchev–Trinajstić information content (AvgIpc) is 2.46. The lowest BCUT2D eigenvalue weighted by molar-refractivity contribution is 0.0390. The Labute approximate surface area is 114 Å². The summed E-state index contributed by atoms with van der Waals surface area (Å²) >= 11 is 0. The van der Waals surface area contributed by atoms with Crippen LogP contribution in [-0.2, 0) is 16.1 Å². The lowest BCUT2D eigenvalue weighted by Crippen LogP contribution is -2.06. The zero-order valence-corrected chi connectivity index (χ0v) is 11.6. The number of unbranched alkanes of at least 4 members (excludes halogenated alkanes) is 1. The first kappa shape index (κ1) is 15.5. The zero-order valence-electron chi connectivity index (χ0n) is 11.6. The van der Waals surface area contributed by atoms with E-state index in [1.807, 2.05) is 0 Å². The van der Waals surface area contributed by atoms with E-state index in [1.54, 1.807) is 25.3 Å². The molecule has 0 heterocycles. The van der Waals surface area contributed by atoms with Gasteiger partial charge in [0, 0.05) is 12.2 Å². The molecule has 0 saturated heterocycles. The number of nitriles is 1. The minimum atomic E-state index is 0.426. The average molecular weight is 263 g/mol. The predicted octanol–water partition coefficient (Wildman–Crippen LogP) is 2.90. The molecule has 1 aromatic carbocycles. The van der Waals surface area contributed by atoms with Crippen molar-refractivity contribution in [2.24, 2.45) is 0 Å². The molecular weight excluding hydrogens is 242 g/mol. The van der Waals surface area contributed by atoms with Crippen LogP contribution in [0.25, 0.3) is 0 Å². The van der Waals surface area contributed by atoms with Gasteiger partial charge in [0.25, 0.3) is 0 Å². The third-order valence-electron chi connectivity index (χ3n) is 2.68. The SMILES string of the molecule is CCCCOCCOCc1cc(C#N)ccc1OC. The van der Waals surface area contributed by atoms with E-state index < -0.39 is 0 Å². The predicted molar refractivity (Wildman–Crippen MR) is 73.1 cm³/mol. The highest BCUT2D eigenvalue weighted by Gasteiger charge is 2.04. The van der Waals surface area contributed by atoms with E-state index in [0.717, 1.165) is 30.8 Å². The Kier molecular flexibility index (Phi) is 7.64. The molecule has 0 fully saturated rings. The van der Waals surface area contributed by atoms with E-state index in [4.69, 9.17) is 19.5 Å². The van der Waals surface area contributed by atoms with E-state index in [2.05, 4.69) is 13.0 Å². The number of ether oxygens (including phenoxy) is 3. The van der Waals surface area contributed by atoms with Crippen LogP contribution in [0, 0.1) is 11.3 Å². The van der Waals surface area contributed by atoms with Gasteiger partial charge in [-0.15, -0.1) is 0 Å². The molecule has 0 aliphatic heterocycles. The van der Waals surface area contributed by atoms with Crippen LogP contribution >= 0.6 is 0 Å². The summed E-state index contributed by atoms with van der Waals surface area (Å²) in [5, 5.41) is 8.87. The normalized spacial score (nSPS) is 10.2. The third-order valence-corrected chi connectivity index (χ3v) is 2.68. The molecule has 0 atom stereocenters. The maximum Gasteiger partial charge on any atom is 0.124 e. The quantitative estimate of drug-likeness (QED) is 0.643. The van der Waals surface area contributed by atoms with E-state index in [9.17, 15) is 0 Å². The van der Waals surface area contributed by atoms with Crippen molar-refractivity contribution >= 4 is 0 Å². The monoisotopic (exact) mass is 263 g/mol. The highest BCUT2D eigenvalue weighted by Crippen LogP contribution is 2.20. The Morgan fingerprint density at radius 1 is 1.16 bits per heavy atom. The van der Waals surface area contributed by atoms with Crippen molar-refractivity contribution in [1.29, 1.82) is 5.26 Å². The second kappa shape index (κ2) is 9.37. The van der Waals surface area contributed by atoms with Gasteiger partial charge in [-0.05, 0) is 24.6 Å². The summed E-state index contributed by atoms with van der Waals surface area (Å²) in [5.41, 5.74) is 1.49. The standard InChI is InChI=1S/C15H21NO3/c1-3-4-7-18-8-9-19-12-14-10-13(11-16)5-6-15(14)17-2/h5-6,10H,3-4,7-9,12H2,1-2H3. The minimum absolute atomic E-state index is 0.426. The smallest absolute Gasteiger partial charge is 0.124 e. The molecule has 0 aromatic heterocycles. The van der Waals surface area contributed by atoms with Crippen LogP contribution in [0.2, 0.25) is 0 Å².